The van der Waals surface area contributed by atoms with Crippen LogP contribution in [0.25, 0.3) is 0 Å². The number of nitrogens with zero attached hydrogens (tertiary/aromatic N) is 2. The fourth-order valence-electron chi connectivity index (χ4n) is 2.31. The Morgan fingerprint density at radius 3 is 2.35 bits per heavy atom. The second kappa shape index (κ2) is 5.80. The Kier molecular flexibility index (Phi) is 4.29. The van der Waals surface area contributed by atoms with Crippen molar-refractivity contribution in [3.05, 3.63) is 53.1 Å². The molecule has 3 nitrogen and oxygen atoms in total. The van der Waals surface area contributed by atoms with Gasteiger partial charge in [-0.25, -0.2) is 4.98 Å². The Bertz CT molecular complexity index is 559. The van der Waals surface area contributed by atoms with E-state index in [0.29, 0.717) is 6.54 Å². The van der Waals surface area contributed by atoms with Gasteiger partial charge in [-0.3, -0.25) is 0 Å². The normalized spacial score (nSPS) is 11.8. The Morgan fingerprint density at radius 2 is 1.80 bits per heavy atom. The van der Waals surface area contributed by atoms with Crippen molar-refractivity contribution in [1.82, 2.24) is 9.55 Å². The van der Waals surface area contributed by atoms with E-state index in [2.05, 4.69) is 60.8 Å². The van der Waals surface area contributed by atoms with Gasteiger partial charge in [0.1, 0.15) is 5.82 Å². The van der Waals surface area contributed by atoms with Crippen molar-refractivity contribution in [2.75, 3.05) is 6.54 Å². The molecular formula is C17H25N3. The molecule has 2 rings (SSSR count). The summed E-state index contributed by atoms with van der Waals surface area (Å²) in [4.78, 5) is 4.65. The van der Waals surface area contributed by atoms with Gasteiger partial charge in [-0.05, 0) is 23.1 Å². The summed E-state index contributed by atoms with van der Waals surface area (Å²) in [6, 6.07) is 8.86. The van der Waals surface area contributed by atoms with Crippen molar-refractivity contribution in [1.29, 1.82) is 0 Å². The molecule has 1 heterocycles. The molecule has 0 aliphatic carbocycles. The number of rotatable bonds is 4. The fraction of sp³-hybridized carbons (Fsp3) is 0.471. The molecule has 3 heteroatoms. The van der Waals surface area contributed by atoms with E-state index in [0.717, 1.165) is 24.4 Å². The molecule has 0 spiro atoms. The number of imidazole rings is 1. The van der Waals surface area contributed by atoms with Gasteiger partial charge < -0.3 is 10.3 Å². The van der Waals surface area contributed by atoms with E-state index in [4.69, 9.17) is 5.73 Å². The van der Waals surface area contributed by atoms with Crippen molar-refractivity contribution in [2.45, 2.75) is 39.0 Å². The maximum absolute atomic E-state index is 5.58. The van der Waals surface area contributed by atoms with Crippen LogP contribution in [0.2, 0.25) is 0 Å². The summed E-state index contributed by atoms with van der Waals surface area (Å²) in [5, 5.41) is 0. The van der Waals surface area contributed by atoms with Crippen LogP contribution < -0.4 is 5.73 Å². The Balaban J connectivity index is 2.14. The van der Waals surface area contributed by atoms with Gasteiger partial charge in [0, 0.05) is 26.1 Å². The van der Waals surface area contributed by atoms with Crippen LogP contribution in [0.4, 0.5) is 0 Å². The third-order valence-corrected chi connectivity index (χ3v) is 3.61. The van der Waals surface area contributed by atoms with Crippen LogP contribution in [0.3, 0.4) is 0 Å². The first-order valence-electron chi connectivity index (χ1n) is 7.21. The van der Waals surface area contributed by atoms with Crippen LogP contribution in [0.1, 0.15) is 43.4 Å². The van der Waals surface area contributed by atoms with Crippen molar-refractivity contribution in [2.24, 2.45) is 12.8 Å². The summed E-state index contributed by atoms with van der Waals surface area (Å²) < 4.78 is 2.10. The van der Waals surface area contributed by atoms with Gasteiger partial charge in [0.2, 0.25) is 0 Å². The molecule has 2 N–H and O–H groups in total. The van der Waals surface area contributed by atoms with Gasteiger partial charge in [-0.15, -0.1) is 0 Å². The molecule has 0 bridgehead atoms. The minimum Gasteiger partial charge on any atom is -0.337 e. The lowest BCUT2D eigenvalue weighted by Gasteiger charge is -2.19. The highest BCUT2D eigenvalue weighted by atomic mass is 15.0. The van der Waals surface area contributed by atoms with Crippen LogP contribution >= 0.6 is 0 Å². The van der Waals surface area contributed by atoms with Gasteiger partial charge in [0.15, 0.2) is 0 Å². The van der Waals surface area contributed by atoms with E-state index < -0.39 is 0 Å². The standard InChI is InChI=1S/C17H25N3/c1-17(2,3)14-7-5-13(6-8-14)11-16-19-15(9-10-18)12-20(16)4/h5-8,12H,9-11,18H2,1-4H3. The topological polar surface area (TPSA) is 43.8 Å². The Labute approximate surface area is 121 Å². The zero-order valence-electron chi connectivity index (χ0n) is 13.0. The summed E-state index contributed by atoms with van der Waals surface area (Å²) in [7, 11) is 2.05. The second-order valence-corrected chi connectivity index (χ2v) is 6.42. The highest BCUT2D eigenvalue weighted by molar-refractivity contribution is 5.29. The van der Waals surface area contributed by atoms with Crippen LogP contribution in [-0.4, -0.2) is 16.1 Å². The van der Waals surface area contributed by atoms with E-state index >= 15 is 0 Å². The molecule has 0 amide bonds. The van der Waals surface area contributed by atoms with Crippen molar-refractivity contribution in [3.63, 3.8) is 0 Å². The molecular weight excluding hydrogens is 246 g/mol. The van der Waals surface area contributed by atoms with Gasteiger partial charge in [0.25, 0.3) is 0 Å². The number of hydrogen-bond donors (Lipinski definition) is 1. The summed E-state index contributed by atoms with van der Waals surface area (Å²) in [5.41, 5.74) is 9.53. The van der Waals surface area contributed by atoms with Crippen LogP contribution in [0.5, 0.6) is 0 Å². The minimum atomic E-state index is 0.204. The highest BCUT2D eigenvalue weighted by Crippen LogP contribution is 2.22. The number of nitrogens with two attached hydrogens (primary N) is 1. The molecule has 108 valence electrons. The van der Waals surface area contributed by atoms with E-state index in [1.54, 1.807) is 0 Å². The molecule has 0 atom stereocenters. The first kappa shape index (κ1) is 14.8. The SMILES string of the molecule is Cn1cc(CCN)nc1Cc1ccc(C(C)(C)C)cc1. The van der Waals surface area contributed by atoms with Crippen molar-refractivity contribution in [3.8, 4) is 0 Å². The first-order valence-corrected chi connectivity index (χ1v) is 7.21. The maximum Gasteiger partial charge on any atom is 0.113 e. The lowest BCUT2D eigenvalue weighted by atomic mass is 9.86. The fourth-order valence-corrected chi connectivity index (χ4v) is 2.31. The minimum absolute atomic E-state index is 0.204. The van der Waals surface area contributed by atoms with Gasteiger partial charge in [-0.2, -0.15) is 0 Å². The van der Waals surface area contributed by atoms with Gasteiger partial charge in [0.05, 0.1) is 5.69 Å². The average Bonchev–Trinajstić information content (AvgIpc) is 2.70. The van der Waals surface area contributed by atoms with Crippen LogP contribution in [0.15, 0.2) is 30.5 Å². The third kappa shape index (κ3) is 3.48. The zero-order valence-corrected chi connectivity index (χ0v) is 13.0. The molecule has 0 aliphatic heterocycles. The predicted molar refractivity (Wildman–Crippen MR) is 83.9 cm³/mol. The van der Waals surface area contributed by atoms with E-state index in [-0.39, 0.29) is 5.41 Å². The van der Waals surface area contributed by atoms with E-state index in [1.807, 2.05) is 7.05 Å². The number of aryl methyl sites for hydroxylation is 1. The molecule has 1 aromatic heterocycles. The molecule has 0 saturated carbocycles. The Morgan fingerprint density at radius 1 is 1.15 bits per heavy atom. The lowest BCUT2D eigenvalue weighted by Crippen LogP contribution is -2.10. The Hall–Kier alpha value is -1.61. The quantitative estimate of drug-likeness (QED) is 0.929. The first-order chi connectivity index (χ1) is 9.40. The lowest BCUT2D eigenvalue weighted by molar-refractivity contribution is 0.590. The van der Waals surface area contributed by atoms with Gasteiger partial charge in [-0.1, -0.05) is 45.0 Å². The molecule has 0 aliphatic rings. The summed E-state index contributed by atoms with van der Waals surface area (Å²) in [6.07, 6.45) is 3.79. The molecule has 0 unspecified atom stereocenters. The summed E-state index contributed by atoms with van der Waals surface area (Å²) in [6.45, 7) is 7.36. The number of benzene rings is 1. The van der Waals surface area contributed by atoms with E-state index in [1.165, 1.54) is 11.1 Å². The zero-order chi connectivity index (χ0) is 14.8. The average molecular weight is 271 g/mol. The summed E-state index contributed by atoms with van der Waals surface area (Å²) >= 11 is 0. The van der Waals surface area contributed by atoms with Crippen molar-refractivity contribution >= 4 is 0 Å². The second-order valence-electron chi connectivity index (χ2n) is 6.42. The van der Waals surface area contributed by atoms with Crippen LogP contribution in [-0.2, 0) is 25.3 Å². The highest BCUT2D eigenvalue weighted by Gasteiger charge is 2.13. The molecule has 0 saturated heterocycles. The molecule has 0 fully saturated rings. The monoisotopic (exact) mass is 271 g/mol. The predicted octanol–water partition coefficient (Wildman–Crippen LogP) is 2.81. The molecule has 0 radical (unpaired) electrons. The van der Waals surface area contributed by atoms with Gasteiger partial charge >= 0.3 is 0 Å². The van der Waals surface area contributed by atoms with Crippen LogP contribution in [0, 0.1) is 0 Å². The maximum atomic E-state index is 5.58. The molecule has 1 aromatic carbocycles. The summed E-state index contributed by atoms with van der Waals surface area (Å²) in [5.74, 6) is 1.09. The molecule has 2 aromatic rings. The largest absolute Gasteiger partial charge is 0.337 e. The smallest absolute Gasteiger partial charge is 0.113 e. The molecule has 20 heavy (non-hydrogen) atoms. The number of aromatic nitrogens is 2. The third-order valence-electron chi connectivity index (χ3n) is 3.61. The number of hydrogen-bond acceptors (Lipinski definition) is 2. The van der Waals surface area contributed by atoms with Crippen molar-refractivity contribution < 1.29 is 0 Å². The van der Waals surface area contributed by atoms with E-state index in [9.17, 15) is 0 Å².